The number of hydrogen-bond acceptors (Lipinski definition) is 6. The Morgan fingerprint density at radius 1 is 1.15 bits per heavy atom. The molecule has 0 spiro atoms. The molecule has 1 aliphatic heterocycles. The summed E-state index contributed by atoms with van der Waals surface area (Å²) in [6, 6.07) is 9.58. The smallest absolute Gasteiger partial charge is 0.239 e. The summed E-state index contributed by atoms with van der Waals surface area (Å²) in [4.78, 5) is 31.6. The van der Waals surface area contributed by atoms with Gasteiger partial charge in [-0.25, -0.2) is 4.98 Å². The highest BCUT2D eigenvalue weighted by molar-refractivity contribution is 6.31. The first-order valence-electron chi connectivity index (χ1n) is 10.7. The number of nitrogens with zero attached hydrogens (tertiary/aromatic N) is 4. The summed E-state index contributed by atoms with van der Waals surface area (Å²) in [7, 11) is 0. The lowest BCUT2D eigenvalue weighted by Gasteiger charge is -2.25. The Hall–Kier alpha value is -3.33. The first kappa shape index (κ1) is 21.5. The Morgan fingerprint density at radius 3 is 2.79 bits per heavy atom. The van der Waals surface area contributed by atoms with E-state index in [0.29, 0.717) is 30.6 Å². The topological polar surface area (TPSA) is 96.0 Å². The molecule has 0 bridgehead atoms. The van der Waals surface area contributed by atoms with Gasteiger partial charge in [-0.15, -0.1) is 0 Å². The maximum Gasteiger partial charge on any atom is 0.239 e. The molecule has 5 rings (SSSR count). The molecule has 168 valence electrons. The van der Waals surface area contributed by atoms with Gasteiger partial charge in [-0.3, -0.25) is 19.7 Å². The number of aromatic amines is 1. The average Bonchev–Trinajstić information content (AvgIpc) is 3.19. The molecule has 1 aliphatic rings. The maximum absolute atomic E-state index is 12.6. The number of halogens is 1. The molecule has 9 heteroatoms. The van der Waals surface area contributed by atoms with Crippen LogP contribution in [0.2, 0.25) is 5.02 Å². The van der Waals surface area contributed by atoms with Crippen LogP contribution in [-0.2, 0) is 9.53 Å². The Bertz CT molecular complexity index is 1300. The van der Waals surface area contributed by atoms with Gasteiger partial charge < -0.3 is 15.0 Å². The SMILES string of the molecule is Cc1ccc(-c2c(-c3ccnc(NC(=O)CN4CCOCC4)c3)[nH]c3cc(Cl)cnc23)nc1. The van der Waals surface area contributed by atoms with Crippen molar-refractivity contribution in [1.82, 2.24) is 24.8 Å². The second-order valence-corrected chi connectivity index (χ2v) is 8.45. The van der Waals surface area contributed by atoms with E-state index >= 15 is 0 Å². The normalized spacial score (nSPS) is 14.5. The highest BCUT2D eigenvalue weighted by Crippen LogP contribution is 2.37. The van der Waals surface area contributed by atoms with E-state index in [2.05, 4.69) is 30.2 Å². The molecule has 2 N–H and O–H groups in total. The molecule has 5 heterocycles. The van der Waals surface area contributed by atoms with Crippen molar-refractivity contribution < 1.29 is 9.53 Å². The monoisotopic (exact) mass is 462 g/mol. The lowest BCUT2D eigenvalue weighted by atomic mass is 10.0. The van der Waals surface area contributed by atoms with E-state index in [4.69, 9.17) is 16.3 Å². The van der Waals surface area contributed by atoms with Crippen LogP contribution in [0.25, 0.3) is 33.5 Å². The first-order chi connectivity index (χ1) is 16.1. The molecule has 0 atom stereocenters. The molecule has 1 saturated heterocycles. The minimum Gasteiger partial charge on any atom is -0.379 e. The summed E-state index contributed by atoms with van der Waals surface area (Å²) in [5.41, 5.74) is 6.03. The van der Waals surface area contributed by atoms with Crippen molar-refractivity contribution in [1.29, 1.82) is 0 Å². The number of anilines is 1. The predicted molar refractivity (Wildman–Crippen MR) is 128 cm³/mol. The van der Waals surface area contributed by atoms with Crippen molar-refractivity contribution in [2.24, 2.45) is 0 Å². The Morgan fingerprint density at radius 2 is 2.00 bits per heavy atom. The summed E-state index contributed by atoms with van der Waals surface area (Å²) in [5, 5.41) is 3.46. The lowest BCUT2D eigenvalue weighted by molar-refractivity contribution is -0.118. The zero-order valence-corrected chi connectivity index (χ0v) is 18.9. The number of ether oxygens (including phenoxy) is 1. The third-order valence-corrected chi connectivity index (χ3v) is 5.76. The van der Waals surface area contributed by atoms with E-state index in [0.717, 1.165) is 52.2 Å². The van der Waals surface area contributed by atoms with Gasteiger partial charge in [-0.1, -0.05) is 17.7 Å². The molecule has 0 radical (unpaired) electrons. The molecule has 0 saturated carbocycles. The van der Waals surface area contributed by atoms with Gasteiger partial charge in [0.15, 0.2) is 0 Å². The average molecular weight is 463 g/mol. The fourth-order valence-electron chi connectivity index (χ4n) is 3.93. The van der Waals surface area contributed by atoms with Crippen LogP contribution in [-0.4, -0.2) is 63.6 Å². The number of nitrogens with one attached hydrogen (secondary N) is 2. The molecular formula is C24H23ClN6O2. The van der Waals surface area contributed by atoms with Crippen molar-refractivity contribution in [2.75, 3.05) is 38.2 Å². The van der Waals surface area contributed by atoms with Gasteiger partial charge in [-0.05, 0) is 36.8 Å². The van der Waals surface area contributed by atoms with Gasteiger partial charge >= 0.3 is 0 Å². The quantitative estimate of drug-likeness (QED) is 0.466. The first-order valence-corrected chi connectivity index (χ1v) is 11.1. The van der Waals surface area contributed by atoms with Crippen LogP contribution in [0.5, 0.6) is 0 Å². The number of carbonyl (C=O) groups excluding carboxylic acids is 1. The van der Waals surface area contributed by atoms with Gasteiger partial charge in [0, 0.05) is 37.2 Å². The highest BCUT2D eigenvalue weighted by atomic mass is 35.5. The molecular weight excluding hydrogens is 440 g/mol. The zero-order valence-electron chi connectivity index (χ0n) is 18.1. The van der Waals surface area contributed by atoms with Crippen LogP contribution in [0.15, 0.2) is 48.9 Å². The van der Waals surface area contributed by atoms with E-state index in [1.54, 1.807) is 12.4 Å². The standard InChI is InChI=1S/C24H23ClN6O2/c1-15-2-3-18(27-12-15)22-23(29-19-11-17(25)13-28-24(19)22)16-4-5-26-20(10-16)30-21(32)14-31-6-8-33-9-7-31/h2-5,10-13,29H,6-9,14H2,1H3,(H,26,30,32). The number of carbonyl (C=O) groups is 1. The van der Waals surface area contributed by atoms with Gasteiger partial charge in [0.2, 0.25) is 5.91 Å². The zero-order chi connectivity index (χ0) is 22.8. The van der Waals surface area contributed by atoms with Gasteiger partial charge in [0.25, 0.3) is 0 Å². The number of morpholine rings is 1. The number of hydrogen-bond donors (Lipinski definition) is 2. The predicted octanol–water partition coefficient (Wildman–Crippen LogP) is 3.92. The Labute approximate surface area is 196 Å². The number of fused-ring (bicyclic) bond motifs is 1. The second kappa shape index (κ2) is 9.27. The van der Waals surface area contributed by atoms with Crippen LogP contribution in [0.4, 0.5) is 5.82 Å². The van der Waals surface area contributed by atoms with Crippen LogP contribution >= 0.6 is 11.6 Å². The van der Waals surface area contributed by atoms with E-state index in [-0.39, 0.29) is 5.91 Å². The summed E-state index contributed by atoms with van der Waals surface area (Å²) in [6.07, 6.45) is 5.14. The summed E-state index contributed by atoms with van der Waals surface area (Å²) in [5.74, 6) is 0.380. The maximum atomic E-state index is 12.6. The minimum absolute atomic E-state index is 0.105. The summed E-state index contributed by atoms with van der Waals surface area (Å²) < 4.78 is 5.34. The van der Waals surface area contributed by atoms with E-state index in [1.165, 1.54) is 0 Å². The molecule has 8 nitrogen and oxygen atoms in total. The third-order valence-electron chi connectivity index (χ3n) is 5.56. The van der Waals surface area contributed by atoms with E-state index in [1.807, 2.05) is 43.5 Å². The molecule has 4 aromatic heterocycles. The molecule has 1 fully saturated rings. The molecule has 0 aromatic carbocycles. The molecule has 33 heavy (non-hydrogen) atoms. The van der Waals surface area contributed by atoms with Crippen LogP contribution in [0.1, 0.15) is 5.56 Å². The van der Waals surface area contributed by atoms with Gasteiger partial charge in [0.1, 0.15) is 5.82 Å². The largest absolute Gasteiger partial charge is 0.379 e. The molecule has 4 aromatic rings. The fourth-order valence-corrected chi connectivity index (χ4v) is 4.09. The molecule has 0 unspecified atom stereocenters. The van der Waals surface area contributed by atoms with Gasteiger partial charge in [-0.2, -0.15) is 0 Å². The highest BCUT2D eigenvalue weighted by Gasteiger charge is 2.19. The van der Waals surface area contributed by atoms with Crippen LogP contribution in [0, 0.1) is 6.92 Å². The fraction of sp³-hybridized carbons (Fsp3) is 0.250. The van der Waals surface area contributed by atoms with Gasteiger partial charge in [0.05, 0.1) is 52.8 Å². The number of amides is 1. The number of rotatable bonds is 5. The Balaban J connectivity index is 1.49. The van der Waals surface area contributed by atoms with Crippen molar-refractivity contribution in [3.63, 3.8) is 0 Å². The molecule has 0 aliphatic carbocycles. The number of aryl methyl sites for hydroxylation is 1. The number of pyridine rings is 3. The lowest BCUT2D eigenvalue weighted by Crippen LogP contribution is -2.41. The summed E-state index contributed by atoms with van der Waals surface area (Å²) >= 11 is 6.19. The van der Waals surface area contributed by atoms with E-state index in [9.17, 15) is 4.79 Å². The molecule has 1 amide bonds. The van der Waals surface area contributed by atoms with Crippen molar-refractivity contribution in [2.45, 2.75) is 6.92 Å². The minimum atomic E-state index is -0.105. The van der Waals surface area contributed by atoms with Crippen LogP contribution < -0.4 is 5.32 Å². The van der Waals surface area contributed by atoms with Crippen molar-refractivity contribution >= 4 is 34.4 Å². The van der Waals surface area contributed by atoms with Crippen molar-refractivity contribution in [3.8, 4) is 22.5 Å². The third kappa shape index (κ3) is 4.73. The van der Waals surface area contributed by atoms with Crippen molar-refractivity contribution in [3.05, 3.63) is 59.5 Å². The van der Waals surface area contributed by atoms with Crippen LogP contribution in [0.3, 0.4) is 0 Å². The number of aromatic nitrogens is 4. The number of H-pyrrole nitrogens is 1. The summed E-state index contributed by atoms with van der Waals surface area (Å²) in [6.45, 7) is 5.10. The van der Waals surface area contributed by atoms with E-state index < -0.39 is 0 Å². The Kier molecular flexibility index (Phi) is 6.04. The second-order valence-electron chi connectivity index (χ2n) is 8.01.